The van der Waals surface area contributed by atoms with E-state index >= 15 is 4.79 Å². The van der Waals surface area contributed by atoms with E-state index in [2.05, 4.69) is 70.4 Å². The molecule has 2 aromatic carbocycles. The number of H-pyrrole nitrogens is 1. The lowest BCUT2D eigenvalue weighted by molar-refractivity contribution is -0.156. The van der Waals surface area contributed by atoms with Crippen LogP contribution in [0.4, 0.5) is 5.69 Å². The second-order valence-electron chi connectivity index (χ2n) is 28.8. The number of hydrogen-bond acceptors (Lipinski definition) is 26. The Morgan fingerprint density at radius 3 is 1.92 bits per heavy atom. The molecule has 1 aliphatic heterocycles. The van der Waals surface area contributed by atoms with Crippen LogP contribution in [0.25, 0.3) is 10.9 Å². The number of benzene rings is 2. The van der Waals surface area contributed by atoms with Crippen molar-refractivity contribution in [2.45, 2.75) is 205 Å². The first-order valence-corrected chi connectivity index (χ1v) is 39.3. The number of aryl methyl sites for hydroxylation is 1. The minimum atomic E-state index is -2.39. The molecule has 119 heavy (non-hydrogen) atoms. The Morgan fingerprint density at radius 2 is 1.30 bits per heavy atom. The Bertz CT molecular complexity index is 4160. The van der Waals surface area contributed by atoms with Gasteiger partial charge in [-0.2, -0.15) is 0 Å². The van der Waals surface area contributed by atoms with E-state index in [0.29, 0.717) is 29.3 Å². The fourth-order valence-electron chi connectivity index (χ4n) is 12.8. The van der Waals surface area contributed by atoms with Crippen molar-refractivity contribution in [2.75, 3.05) is 51.8 Å². The number of carbonyl (C=O) groups excluding carboxylic acids is 18. The van der Waals surface area contributed by atoms with Crippen LogP contribution in [-0.4, -0.2) is 240 Å². The number of amides is 11. The van der Waals surface area contributed by atoms with Crippen LogP contribution in [0.15, 0.2) is 36.5 Å². The third kappa shape index (κ3) is 33.8. The molecule has 0 spiro atoms. The molecular formula is C77H106Cl2N14O26. The van der Waals surface area contributed by atoms with E-state index < -0.39 is 262 Å². The topological polar surface area (TPSA) is 630 Å². The summed E-state index contributed by atoms with van der Waals surface area (Å²) in [5, 5.41) is 56.8. The van der Waals surface area contributed by atoms with Crippen LogP contribution in [0.3, 0.4) is 0 Å². The first kappa shape index (κ1) is 99.8. The third-order valence-electron chi connectivity index (χ3n) is 19.3. The lowest BCUT2D eigenvalue weighted by Crippen LogP contribution is -2.57. The third-order valence-corrected chi connectivity index (χ3v) is 19.8. The highest BCUT2D eigenvalue weighted by molar-refractivity contribution is 6.37. The maximum absolute atomic E-state index is 15.1. The maximum Gasteiger partial charge on any atom is 0.329 e. The molecule has 42 heteroatoms. The molecule has 11 amide bonds. The Balaban J connectivity index is 1.91. The van der Waals surface area contributed by atoms with Gasteiger partial charge in [-0.3, -0.25) is 91.1 Å². The van der Waals surface area contributed by atoms with Gasteiger partial charge in [-0.1, -0.05) is 87.2 Å². The van der Waals surface area contributed by atoms with Crippen LogP contribution in [-0.2, 0) is 112 Å². The summed E-state index contributed by atoms with van der Waals surface area (Å²) >= 11 is 12.8. The number of nitrogens with two attached hydrogens (primary N) is 2. The summed E-state index contributed by atoms with van der Waals surface area (Å²) in [4.78, 5) is 278. The van der Waals surface area contributed by atoms with Crippen molar-refractivity contribution in [2.24, 2.45) is 35.1 Å². The Morgan fingerprint density at radius 1 is 0.681 bits per heavy atom. The zero-order chi connectivity index (χ0) is 88.8. The average molecular weight is 1710 g/mol. The molecule has 0 bridgehead atoms. The highest BCUT2D eigenvalue weighted by atomic mass is 35.5. The van der Waals surface area contributed by atoms with Gasteiger partial charge in [0.05, 0.1) is 67.2 Å². The van der Waals surface area contributed by atoms with Gasteiger partial charge in [0.1, 0.15) is 55.6 Å². The molecule has 0 aliphatic carbocycles. The average Bonchev–Trinajstić information content (AvgIpc) is 1.75. The molecule has 1 aliphatic rings. The molecule has 1 aromatic heterocycles. The number of fused-ring (bicyclic) bond motifs is 1. The summed E-state index contributed by atoms with van der Waals surface area (Å²) in [6, 6.07) is -7.36. The molecule has 40 nitrogen and oxygen atoms in total. The minimum Gasteiger partial charge on any atom is -0.481 e. The van der Waals surface area contributed by atoms with E-state index in [4.69, 9.17) is 48.9 Å². The van der Waals surface area contributed by atoms with Gasteiger partial charge < -0.3 is 104 Å². The SMILES string of the molecule is CCCCCCCCCC(=O)N[C@@H](Cc1c[nH]c2ccc(C)cc12)C(=O)N[C@H](CC(N)=O)C(=O)C[C@@H](CC(=O)O)C(=O)N[C@@H]1C(=O)NCC(=O)N[C@@H](CCCN)C(=O)C[C@@H](COC=O)C(=O)N[C@H](C)C(=O)N[C@@H](COC=O)C(=O)NCC(=O)N[C@H](CO)C(=O)C[C@@H]([C@H](C)CC(=O)O)C(=O)N[C@@H](CC(=O)c2cc(Cl)cc(Cl)c2NC)C(=O)O[C@@H]1C. The number of aromatic nitrogens is 1. The number of ether oxygens (including phenoxy) is 3. The Hall–Kier alpha value is -11.5. The molecule has 1 saturated heterocycles. The number of aliphatic carboxylic acids is 2. The lowest BCUT2D eigenvalue weighted by atomic mass is 9.84. The molecule has 13 atom stereocenters. The van der Waals surface area contributed by atoms with Crippen LogP contribution in [0.1, 0.15) is 158 Å². The summed E-state index contributed by atoms with van der Waals surface area (Å²) < 4.78 is 15.3. The zero-order valence-corrected chi connectivity index (χ0v) is 68.2. The second-order valence-corrected chi connectivity index (χ2v) is 29.6. The molecule has 0 unspecified atom stereocenters. The number of aliphatic hydroxyl groups excluding tert-OH is 1. The number of Topliss-reactive ketones (excluding diaryl/α,β-unsaturated/α-hetero) is 4. The quantitative estimate of drug-likeness (QED) is 0.0108. The van der Waals surface area contributed by atoms with Crippen molar-refractivity contribution >= 4 is 159 Å². The number of carboxylic acid groups (broad SMARTS) is 2. The van der Waals surface area contributed by atoms with E-state index in [9.17, 15) is 106 Å². The van der Waals surface area contributed by atoms with Gasteiger partial charge >= 0.3 is 17.9 Å². The monoisotopic (exact) mass is 1710 g/mol. The number of hydrogen-bond donors (Lipinski definition) is 17. The van der Waals surface area contributed by atoms with Crippen LogP contribution in [0.2, 0.25) is 10.0 Å². The number of cyclic esters (lactones) is 1. The van der Waals surface area contributed by atoms with Gasteiger partial charge in [0.15, 0.2) is 23.1 Å². The molecule has 654 valence electrons. The number of carbonyl (C=O) groups is 20. The highest BCUT2D eigenvalue weighted by Crippen LogP contribution is 2.32. The number of unbranched alkanes of at least 4 members (excludes halogenated alkanes) is 6. The number of rotatable bonds is 39. The van der Waals surface area contributed by atoms with Gasteiger partial charge in [0.2, 0.25) is 65.0 Å². The van der Waals surface area contributed by atoms with Crippen LogP contribution < -0.4 is 70.0 Å². The van der Waals surface area contributed by atoms with E-state index in [1.807, 2.05) is 19.1 Å². The number of primary amides is 1. The lowest BCUT2D eigenvalue weighted by Gasteiger charge is -2.29. The van der Waals surface area contributed by atoms with Gasteiger partial charge in [-0.15, -0.1) is 0 Å². The van der Waals surface area contributed by atoms with Crippen LogP contribution in [0.5, 0.6) is 0 Å². The van der Waals surface area contributed by atoms with Crippen molar-refractivity contribution in [3.05, 3.63) is 63.3 Å². The molecule has 1 fully saturated rings. The summed E-state index contributed by atoms with van der Waals surface area (Å²) in [6.07, 6.45) is -2.45. The second kappa shape index (κ2) is 51.0. The van der Waals surface area contributed by atoms with Crippen molar-refractivity contribution in [1.29, 1.82) is 0 Å². The molecule has 19 N–H and O–H groups in total. The van der Waals surface area contributed by atoms with Gasteiger partial charge in [-0.05, 0) is 82.3 Å². The summed E-state index contributed by atoms with van der Waals surface area (Å²) in [7, 11) is 1.34. The van der Waals surface area contributed by atoms with E-state index in [1.165, 1.54) is 20.0 Å². The predicted molar refractivity (Wildman–Crippen MR) is 423 cm³/mol. The number of aliphatic hydroxyl groups is 1. The van der Waals surface area contributed by atoms with Crippen molar-refractivity contribution < 1.29 is 125 Å². The fourth-order valence-corrected chi connectivity index (χ4v) is 13.4. The van der Waals surface area contributed by atoms with Crippen molar-refractivity contribution in [3.63, 3.8) is 0 Å². The van der Waals surface area contributed by atoms with Gasteiger partial charge in [0.25, 0.3) is 12.9 Å². The van der Waals surface area contributed by atoms with Gasteiger partial charge in [0, 0.05) is 85.6 Å². The molecule has 3 aromatic rings. The van der Waals surface area contributed by atoms with E-state index in [0.717, 1.165) is 57.6 Å². The summed E-state index contributed by atoms with van der Waals surface area (Å²) in [5.74, 6) is -29.7. The molecule has 4 rings (SSSR count). The minimum absolute atomic E-state index is 0.00258. The fraction of sp³-hybridized carbons (Fsp3) is 0.558. The maximum atomic E-state index is 15.1. The number of halogens is 2. The summed E-state index contributed by atoms with van der Waals surface area (Å²) in [5.41, 5.74) is 13.1. The zero-order valence-electron chi connectivity index (χ0n) is 66.7. The van der Waals surface area contributed by atoms with E-state index in [-0.39, 0.29) is 66.5 Å². The van der Waals surface area contributed by atoms with Crippen molar-refractivity contribution in [1.82, 2.24) is 58.2 Å². The predicted octanol–water partition coefficient (Wildman–Crippen LogP) is -0.879. The Kier molecular flexibility index (Phi) is 42.7. The molecule has 0 radical (unpaired) electrons. The van der Waals surface area contributed by atoms with Crippen LogP contribution >= 0.6 is 23.2 Å². The Labute approximate surface area is 694 Å². The van der Waals surface area contributed by atoms with Crippen LogP contribution in [0, 0.1) is 30.6 Å². The first-order chi connectivity index (χ1) is 56.4. The molecule has 2 heterocycles. The number of aromatic amines is 1. The smallest absolute Gasteiger partial charge is 0.329 e. The van der Waals surface area contributed by atoms with E-state index in [1.54, 1.807) is 12.3 Å². The standard InChI is InChI=1S/C77H106Cl2N14O26/c1-7-8-9-10-11-12-13-16-63(102)88-54(22-44-31-83-51-18-17-39(2)20-48(44)51)75(114)90-53(30-62(81)101)60(99)23-43(25-67(107)108)71(110)93-68-42(5)119-77(116)55(29-58(97)49-26-46(78)27-50(79)69(49)82-6)91-73(112)47(40(3)21-66(105)106)28-61(100)56(34-94)89-65(104)32-84-74(113)57(36-118-38-96)92-70(109)41(4)86-72(111)45(35-117-37-95)24-59(98)52(15-14-19-80)87-64(103)33-85-76(68)115/h17-18,20,26-27,31,37-38,40-43,45,47,52-57,68,82-83,94H,7-16,19,21-25,28-30,32-36,80H2,1-6H3,(H2,81,101)(H,84,113)(H,85,115)(H,86,111)(H,87,103)(H,88,102)(H,89,104)(H,90,114)(H,91,112)(H,92,109)(H,93,110)(H,105,106)(H,107,108)/t40-,41-,42-,43+,45+,47+,52+,53-,54+,55+,56-,57+,68+/m1/s1. The number of esters is 1. The largest absolute Gasteiger partial charge is 0.481 e. The number of nitrogens with one attached hydrogen (secondary N) is 12. The van der Waals surface area contributed by atoms with Crippen molar-refractivity contribution in [3.8, 4) is 0 Å². The highest BCUT2D eigenvalue weighted by Gasteiger charge is 2.41. The summed E-state index contributed by atoms with van der Waals surface area (Å²) in [6.45, 7) is 1.59. The van der Waals surface area contributed by atoms with Gasteiger partial charge in [-0.25, -0.2) is 4.79 Å². The number of ketones is 4. The number of carboxylic acids is 2. The number of anilines is 1. The molecular weight excluding hydrogens is 1610 g/mol. The molecule has 0 saturated carbocycles. The normalized spacial score (nSPS) is 21.0. The first-order valence-electron chi connectivity index (χ1n) is 38.5.